The summed E-state index contributed by atoms with van der Waals surface area (Å²) in [5.74, 6) is 0.143. The topological polar surface area (TPSA) is 83.6 Å². The van der Waals surface area contributed by atoms with Gasteiger partial charge in [0.1, 0.15) is 0 Å². The standard InChI is InChI=1S/C12H17ClN2O3S/c1-8-4-5-15(12(8)7-16)19(17,18)9-2-3-10(13)11(14)6-9/h2-3,6,8,12,16H,4-5,7,14H2,1H3. The lowest BCUT2D eigenvalue weighted by atomic mass is 10.0. The minimum Gasteiger partial charge on any atom is -0.397 e. The van der Waals surface area contributed by atoms with E-state index in [2.05, 4.69) is 0 Å². The van der Waals surface area contributed by atoms with Crippen LogP contribution in [0.15, 0.2) is 23.1 Å². The summed E-state index contributed by atoms with van der Waals surface area (Å²) in [6, 6.07) is 3.89. The second kappa shape index (κ2) is 5.28. The van der Waals surface area contributed by atoms with Crippen LogP contribution in [0.1, 0.15) is 13.3 Å². The first-order valence-electron chi connectivity index (χ1n) is 6.05. The molecule has 19 heavy (non-hydrogen) atoms. The van der Waals surface area contributed by atoms with E-state index in [1.807, 2.05) is 6.92 Å². The van der Waals surface area contributed by atoms with Crippen LogP contribution in [0.5, 0.6) is 0 Å². The van der Waals surface area contributed by atoms with E-state index in [-0.39, 0.29) is 29.1 Å². The fourth-order valence-electron chi connectivity index (χ4n) is 2.36. The molecule has 3 N–H and O–H groups in total. The van der Waals surface area contributed by atoms with Crippen LogP contribution >= 0.6 is 11.6 Å². The highest BCUT2D eigenvalue weighted by Gasteiger charge is 2.39. The van der Waals surface area contributed by atoms with Gasteiger partial charge in [-0.3, -0.25) is 0 Å². The van der Waals surface area contributed by atoms with Crippen molar-refractivity contribution in [1.29, 1.82) is 0 Å². The third-order valence-electron chi connectivity index (χ3n) is 3.59. The summed E-state index contributed by atoms with van der Waals surface area (Å²) in [6.07, 6.45) is 0.744. The molecule has 2 atom stereocenters. The molecule has 2 unspecified atom stereocenters. The number of benzene rings is 1. The van der Waals surface area contributed by atoms with Gasteiger partial charge in [0.15, 0.2) is 0 Å². The fraction of sp³-hybridized carbons (Fsp3) is 0.500. The molecular weight excluding hydrogens is 288 g/mol. The summed E-state index contributed by atoms with van der Waals surface area (Å²) >= 11 is 5.80. The number of halogens is 1. The van der Waals surface area contributed by atoms with Gasteiger partial charge in [-0.05, 0) is 30.5 Å². The van der Waals surface area contributed by atoms with Gasteiger partial charge >= 0.3 is 0 Å². The zero-order valence-electron chi connectivity index (χ0n) is 10.6. The van der Waals surface area contributed by atoms with E-state index in [0.29, 0.717) is 11.6 Å². The van der Waals surface area contributed by atoms with Crippen LogP contribution < -0.4 is 5.73 Å². The molecule has 0 amide bonds. The number of aliphatic hydroxyl groups excluding tert-OH is 1. The lowest BCUT2D eigenvalue weighted by Crippen LogP contribution is -2.39. The molecule has 1 heterocycles. The first-order chi connectivity index (χ1) is 8.87. The number of rotatable bonds is 3. The molecular formula is C12H17ClN2O3S. The number of hydrogen-bond donors (Lipinski definition) is 2. The van der Waals surface area contributed by atoms with Crippen molar-refractivity contribution in [2.24, 2.45) is 5.92 Å². The van der Waals surface area contributed by atoms with Crippen molar-refractivity contribution in [3.63, 3.8) is 0 Å². The minimum atomic E-state index is -3.64. The summed E-state index contributed by atoms with van der Waals surface area (Å²) < 4.78 is 26.4. The molecule has 0 radical (unpaired) electrons. The Balaban J connectivity index is 2.39. The van der Waals surface area contributed by atoms with Gasteiger partial charge in [-0.25, -0.2) is 8.42 Å². The van der Waals surface area contributed by atoms with Crippen molar-refractivity contribution in [3.8, 4) is 0 Å². The Hall–Kier alpha value is -0.820. The Morgan fingerprint density at radius 3 is 2.79 bits per heavy atom. The summed E-state index contributed by atoms with van der Waals surface area (Å²) in [5.41, 5.74) is 5.88. The summed E-state index contributed by atoms with van der Waals surface area (Å²) in [4.78, 5) is 0.113. The predicted octanol–water partition coefficient (Wildman–Crippen LogP) is 1.31. The number of nitrogens with zero attached hydrogens (tertiary/aromatic N) is 1. The molecule has 1 fully saturated rings. The molecule has 0 spiro atoms. The highest BCUT2D eigenvalue weighted by atomic mass is 35.5. The van der Waals surface area contributed by atoms with Gasteiger partial charge in [-0.1, -0.05) is 18.5 Å². The summed E-state index contributed by atoms with van der Waals surface area (Å²) in [7, 11) is -3.64. The quantitative estimate of drug-likeness (QED) is 0.825. The Kier molecular flexibility index (Phi) is 4.06. The maximum Gasteiger partial charge on any atom is 0.243 e. The molecule has 0 saturated carbocycles. The number of nitrogen functional groups attached to an aromatic ring is 1. The Labute approximate surface area is 118 Å². The van der Waals surface area contributed by atoms with Gasteiger partial charge in [-0.2, -0.15) is 4.31 Å². The molecule has 0 aliphatic carbocycles. The summed E-state index contributed by atoms with van der Waals surface area (Å²) in [6.45, 7) is 2.17. The van der Waals surface area contributed by atoms with Gasteiger partial charge in [0.25, 0.3) is 0 Å². The van der Waals surface area contributed by atoms with E-state index in [0.717, 1.165) is 6.42 Å². The average molecular weight is 305 g/mol. The maximum atomic E-state index is 12.5. The SMILES string of the molecule is CC1CCN(S(=O)(=O)c2ccc(Cl)c(N)c2)C1CO. The first kappa shape index (κ1) is 14.6. The normalized spacial score (nSPS) is 24.8. The Morgan fingerprint density at radius 2 is 2.21 bits per heavy atom. The Bertz CT molecular complexity index is 576. The fourth-order valence-corrected chi connectivity index (χ4v) is 4.24. The second-order valence-electron chi connectivity index (χ2n) is 4.81. The molecule has 1 aromatic carbocycles. The first-order valence-corrected chi connectivity index (χ1v) is 7.87. The number of nitrogens with two attached hydrogens (primary N) is 1. The number of sulfonamides is 1. The third kappa shape index (κ3) is 2.58. The molecule has 7 heteroatoms. The number of hydrogen-bond acceptors (Lipinski definition) is 4. The molecule has 0 bridgehead atoms. The smallest absolute Gasteiger partial charge is 0.243 e. The molecule has 0 aromatic heterocycles. The van der Waals surface area contributed by atoms with Crippen molar-refractivity contribution >= 4 is 27.3 Å². The largest absolute Gasteiger partial charge is 0.397 e. The van der Waals surface area contributed by atoms with Crippen LogP contribution in [0.25, 0.3) is 0 Å². The van der Waals surface area contributed by atoms with E-state index in [4.69, 9.17) is 17.3 Å². The molecule has 106 valence electrons. The van der Waals surface area contributed by atoms with E-state index >= 15 is 0 Å². The van der Waals surface area contributed by atoms with Gasteiger partial charge in [0.2, 0.25) is 10.0 Å². The maximum absolute atomic E-state index is 12.5. The lowest BCUT2D eigenvalue weighted by molar-refractivity contribution is 0.191. The van der Waals surface area contributed by atoms with E-state index in [1.54, 1.807) is 0 Å². The molecule has 5 nitrogen and oxygen atoms in total. The number of aliphatic hydroxyl groups is 1. The number of anilines is 1. The van der Waals surface area contributed by atoms with Crippen molar-refractivity contribution in [1.82, 2.24) is 4.31 Å². The third-order valence-corrected chi connectivity index (χ3v) is 5.86. The molecule has 2 rings (SSSR count). The van der Waals surface area contributed by atoms with Crippen LogP contribution in [-0.2, 0) is 10.0 Å². The van der Waals surface area contributed by atoms with Crippen LogP contribution in [-0.4, -0.2) is 37.0 Å². The lowest BCUT2D eigenvalue weighted by Gasteiger charge is -2.24. The van der Waals surface area contributed by atoms with Crippen molar-refractivity contribution in [2.75, 3.05) is 18.9 Å². The van der Waals surface area contributed by atoms with Crippen LogP contribution in [0.3, 0.4) is 0 Å². The monoisotopic (exact) mass is 304 g/mol. The van der Waals surface area contributed by atoms with E-state index in [9.17, 15) is 13.5 Å². The summed E-state index contributed by atoms with van der Waals surface area (Å²) in [5, 5.41) is 9.69. The highest BCUT2D eigenvalue weighted by Crippen LogP contribution is 2.31. The molecule has 1 saturated heterocycles. The van der Waals surface area contributed by atoms with Crippen LogP contribution in [0, 0.1) is 5.92 Å². The average Bonchev–Trinajstić information content (AvgIpc) is 2.74. The van der Waals surface area contributed by atoms with Crippen molar-refractivity contribution in [3.05, 3.63) is 23.2 Å². The van der Waals surface area contributed by atoms with Gasteiger partial charge in [-0.15, -0.1) is 0 Å². The molecule has 1 aromatic rings. The van der Waals surface area contributed by atoms with Gasteiger partial charge in [0, 0.05) is 6.54 Å². The van der Waals surface area contributed by atoms with Crippen LogP contribution in [0.2, 0.25) is 5.02 Å². The highest BCUT2D eigenvalue weighted by molar-refractivity contribution is 7.89. The van der Waals surface area contributed by atoms with Gasteiger partial charge < -0.3 is 10.8 Å². The minimum absolute atomic E-state index is 0.113. The zero-order valence-corrected chi connectivity index (χ0v) is 12.2. The molecule has 1 aliphatic rings. The van der Waals surface area contributed by atoms with Crippen molar-refractivity contribution in [2.45, 2.75) is 24.3 Å². The van der Waals surface area contributed by atoms with Crippen molar-refractivity contribution < 1.29 is 13.5 Å². The second-order valence-corrected chi connectivity index (χ2v) is 7.11. The zero-order chi connectivity index (χ0) is 14.2. The van der Waals surface area contributed by atoms with E-state index in [1.165, 1.54) is 22.5 Å². The van der Waals surface area contributed by atoms with E-state index < -0.39 is 10.0 Å². The van der Waals surface area contributed by atoms with Crippen LogP contribution in [0.4, 0.5) is 5.69 Å². The predicted molar refractivity (Wildman–Crippen MR) is 74.4 cm³/mol. The Morgan fingerprint density at radius 1 is 1.53 bits per heavy atom. The van der Waals surface area contributed by atoms with Gasteiger partial charge in [0.05, 0.1) is 28.3 Å². The molecule has 1 aliphatic heterocycles.